The number of rotatable bonds is 6. The Bertz CT molecular complexity index is 250. The van der Waals surface area contributed by atoms with Crippen molar-refractivity contribution in [1.82, 2.24) is 9.44 Å². The lowest BCUT2D eigenvalue weighted by molar-refractivity contribution is 0.201. The molecule has 0 atom stereocenters. The van der Waals surface area contributed by atoms with Crippen molar-refractivity contribution in [2.75, 3.05) is 13.2 Å². The summed E-state index contributed by atoms with van der Waals surface area (Å²) in [6.07, 6.45) is -0.707. The number of aliphatic hydroxyl groups excluding tert-OH is 1. The maximum Gasteiger partial charge on any atom is 0.419 e. The van der Waals surface area contributed by atoms with E-state index >= 15 is 0 Å². The van der Waals surface area contributed by atoms with Crippen LogP contribution in [0, 0.1) is 0 Å². The summed E-state index contributed by atoms with van der Waals surface area (Å²) in [4.78, 5) is 9.93. The van der Waals surface area contributed by atoms with Crippen LogP contribution in [0.5, 0.6) is 0 Å². The SMILES string of the molecule is O=C(O)NS(=O)(=O)NCCCCO. The Morgan fingerprint density at radius 2 is 1.92 bits per heavy atom. The maximum absolute atomic E-state index is 10.7. The molecule has 0 bridgehead atoms. The fraction of sp³-hybridized carbons (Fsp3) is 0.800. The molecule has 0 heterocycles. The minimum Gasteiger partial charge on any atom is -0.464 e. The number of carbonyl (C=O) groups is 1. The third kappa shape index (κ3) is 7.50. The summed E-state index contributed by atoms with van der Waals surface area (Å²) in [5.41, 5.74) is 0. The van der Waals surface area contributed by atoms with Crippen LogP contribution in [0.4, 0.5) is 4.79 Å². The highest BCUT2D eigenvalue weighted by Gasteiger charge is 2.10. The Labute approximate surface area is 75.9 Å². The van der Waals surface area contributed by atoms with E-state index in [1.54, 1.807) is 0 Å². The number of hydrogen-bond acceptors (Lipinski definition) is 4. The molecule has 4 N–H and O–H groups in total. The highest BCUT2D eigenvalue weighted by atomic mass is 32.2. The van der Waals surface area contributed by atoms with Gasteiger partial charge in [0.1, 0.15) is 0 Å². The summed E-state index contributed by atoms with van der Waals surface area (Å²) in [5, 5.41) is 16.4. The molecule has 1 amide bonds. The molecule has 0 saturated carbocycles. The van der Waals surface area contributed by atoms with Gasteiger partial charge in [-0.2, -0.15) is 13.1 Å². The molecular weight excluding hydrogens is 200 g/mol. The van der Waals surface area contributed by atoms with E-state index in [4.69, 9.17) is 10.2 Å². The average molecular weight is 212 g/mol. The van der Waals surface area contributed by atoms with Crippen molar-refractivity contribution in [3.63, 3.8) is 0 Å². The zero-order chi connectivity index (χ0) is 10.3. The van der Waals surface area contributed by atoms with E-state index in [1.165, 1.54) is 4.72 Å². The highest BCUT2D eigenvalue weighted by molar-refractivity contribution is 7.88. The molecule has 8 heteroatoms. The molecule has 0 rings (SSSR count). The van der Waals surface area contributed by atoms with Crippen LogP contribution in [0.15, 0.2) is 0 Å². The zero-order valence-electron chi connectivity index (χ0n) is 6.86. The van der Waals surface area contributed by atoms with E-state index in [2.05, 4.69) is 0 Å². The second-order valence-corrected chi connectivity index (χ2v) is 3.74. The summed E-state index contributed by atoms with van der Waals surface area (Å²) in [5.74, 6) is 0. The molecule has 0 aromatic carbocycles. The van der Waals surface area contributed by atoms with Gasteiger partial charge in [-0.1, -0.05) is 0 Å². The predicted molar refractivity (Wildman–Crippen MR) is 44.4 cm³/mol. The Morgan fingerprint density at radius 1 is 1.31 bits per heavy atom. The van der Waals surface area contributed by atoms with E-state index in [0.717, 1.165) is 0 Å². The Morgan fingerprint density at radius 3 is 2.38 bits per heavy atom. The number of hydrogen-bond donors (Lipinski definition) is 4. The highest BCUT2D eigenvalue weighted by Crippen LogP contribution is 1.85. The zero-order valence-corrected chi connectivity index (χ0v) is 7.67. The van der Waals surface area contributed by atoms with Crippen LogP contribution in [0.3, 0.4) is 0 Å². The molecule has 0 aliphatic rings. The third-order valence-corrected chi connectivity index (χ3v) is 2.13. The van der Waals surface area contributed by atoms with Crippen LogP contribution in [0.2, 0.25) is 0 Å². The molecule has 0 radical (unpaired) electrons. The summed E-state index contributed by atoms with van der Waals surface area (Å²) in [7, 11) is -3.94. The standard InChI is InChI=1S/C5H12N2O5S/c8-4-2-1-3-6-13(11,12)7-5(9)10/h6-8H,1-4H2,(H,9,10). The van der Waals surface area contributed by atoms with Crippen LogP contribution in [-0.4, -0.2) is 37.9 Å². The van der Waals surface area contributed by atoms with Crippen LogP contribution in [-0.2, 0) is 10.2 Å². The molecule has 78 valence electrons. The number of aliphatic hydroxyl groups is 1. The molecule has 0 aromatic rings. The first kappa shape index (κ1) is 12.1. The van der Waals surface area contributed by atoms with E-state index in [-0.39, 0.29) is 13.2 Å². The Hall–Kier alpha value is -0.860. The van der Waals surface area contributed by atoms with Gasteiger partial charge in [-0.3, -0.25) is 0 Å². The summed E-state index contributed by atoms with van der Waals surface area (Å²) >= 11 is 0. The maximum atomic E-state index is 10.7. The molecule has 0 spiro atoms. The third-order valence-electron chi connectivity index (χ3n) is 1.10. The van der Waals surface area contributed by atoms with Crippen molar-refractivity contribution in [3.8, 4) is 0 Å². The van der Waals surface area contributed by atoms with Gasteiger partial charge in [0.05, 0.1) is 0 Å². The quantitative estimate of drug-likeness (QED) is 0.415. The minimum absolute atomic E-state index is 0.0198. The van der Waals surface area contributed by atoms with Gasteiger partial charge in [0, 0.05) is 13.2 Å². The van der Waals surface area contributed by atoms with E-state index in [1.807, 2.05) is 4.72 Å². The van der Waals surface area contributed by atoms with Gasteiger partial charge >= 0.3 is 16.3 Å². The molecular formula is C5H12N2O5S. The average Bonchev–Trinajstić information content (AvgIpc) is 1.95. The van der Waals surface area contributed by atoms with Crippen molar-refractivity contribution < 1.29 is 23.4 Å². The van der Waals surface area contributed by atoms with E-state index in [9.17, 15) is 13.2 Å². The van der Waals surface area contributed by atoms with Crippen LogP contribution in [0.25, 0.3) is 0 Å². The topological polar surface area (TPSA) is 116 Å². The predicted octanol–water partition coefficient (Wildman–Crippen LogP) is -1.14. The largest absolute Gasteiger partial charge is 0.464 e. The first-order chi connectivity index (χ1) is 5.98. The molecule has 7 nitrogen and oxygen atoms in total. The Balaban J connectivity index is 3.71. The fourth-order valence-corrected chi connectivity index (χ4v) is 1.31. The molecule has 0 unspecified atom stereocenters. The molecule has 13 heavy (non-hydrogen) atoms. The monoisotopic (exact) mass is 212 g/mol. The molecule has 0 fully saturated rings. The second-order valence-electron chi connectivity index (χ2n) is 2.24. The molecule has 0 saturated heterocycles. The first-order valence-corrected chi connectivity index (χ1v) is 5.07. The van der Waals surface area contributed by atoms with Crippen molar-refractivity contribution in [3.05, 3.63) is 0 Å². The normalized spacial score (nSPS) is 11.2. The van der Waals surface area contributed by atoms with E-state index < -0.39 is 16.3 Å². The summed E-state index contributed by atoms with van der Waals surface area (Å²) in [6, 6.07) is 0. The van der Waals surface area contributed by atoms with Gasteiger partial charge in [-0.25, -0.2) is 9.52 Å². The number of carboxylic acid groups (broad SMARTS) is 1. The van der Waals surface area contributed by atoms with Crippen molar-refractivity contribution in [1.29, 1.82) is 0 Å². The smallest absolute Gasteiger partial charge is 0.419 e. The van der Waals surface area contributed by atoms with Crippen molar-refractivity contribution >= 4 is 16.3 Å². The number of nitrogens with one attached hydrogen (secondary N) is 2. The molecule has 0 aliphatic heterocycles. The summed E-state index contributed by atoms with van der Waals surface area (Å²) in [6.45, 7) is 0.0806. The Kier molecular flexibility index (Phi) is 5.35. The first-order valence-electron chi connectivity index (χ1n) is 3.59. The van der Waals surface area contributed by atoms with Crippen LogP contribution in [0.1, 0.15) is 12.8 Å². The van der Waals surface area contributed by atoms with Gasteiger partial charge in [0.2, 0.25) is 0 Å². The van der Waals surface area contributed by atoms with Crippen molar-refractivity contribution in [2.24, 2.45) is 0 Å². The van der Waals surface area contributed by atoms with Crippen LogP contribution >= 0.6 is 0 Å². The van der Waals surface area contributed by atoms with Gasteiger partial charge < -0.3 is 10.2 Å². The molecule has 0 aliphatic carbocycles. The lowest BCUT2D eigenvalue weighted by Gasteiger charge is -2.04. The van der Waals surface area contributed by atoms with Crippen molar-refractivity contribution in [2.45, 2.75) is 12.8 Å². The second kappa shape index (κ2) is 5.73. The van der Waals surface area contributed by atoms with E-state index in [0.29, 0.717) is 12.8 Å². The van der Waals surface area contributed by atoms with Gasteiger partial charge in [-0.15, -0.1) is 0 Å². The number of unbranched alkanes of at least 4 members (excludes halogenated alkanes) is 1. The summed E-state index contributed by atoms with van der Waals surface area (Å²) < 4.78 is 24.8. The lowest BCUT2D eigenvalue weighted by Crippen LogP contribution is -2.39. The fourth-order valence-electron chi connectivity index (χ4n) is 0.594. The molecule has 0 aromatic heterocycles. The van der Waals surface area contributed by atoms with Gasteiger partial charge in [0.15, 0.2) is 0 Å². The number of amides is 1. The van der Waals surface area contributed by atoms with Gasteiger partial charge in [-0.05, 0) is 12.8 Å². The lowest BCUT2D eigenvalue weighted by atomic mass is 10.3. The van der Waals surface area contributed by atoms with Crippen LogP contribution < -0.4 is 9.44 Å². The van der Waals surface area contributed by atoms with Gasteiger partial charge in [0.25, 0.3) is 0 Å². The minimum atomic E-state index is -3.94.